The van der Waals surface area contributed by atoms with Gasteiger partial charge in [-0.3, -0.25) is 14.4 Å². The number of aliphatic hydroxyl groups excluding tert-OH is 1. The van der Waals surface area contributed by atoms with Gasteiger partial charge in [-0.1, -0.05) is 24.4 Å². The lowest BCUT2D eigenvalue weighted by Crippen LogP contribution is -2.30. The Kier molecular flexibility index (Phi) is 9.89. The summed E-state index contributed by atoms with van der Waals surface area (Å²) in [5, 5.41) is 10.1. The van der Waals surface area contributed by atoms with Gasteiger partial charge >= 0.3 is 11.9 Å². The lowest BCUT2D eigenvalue weighted by atomic mass is 10.4. The van der Waals surface area contributed by atoms with Gasteiger partial charge in [-0.25, -0.2) is 4.79 Å². The van der Waals surface area contributed by atoms with Crippen LogP contribution in [-0.2, 0) is 23.9 Å². The van der Waals surface area contributed by atoms with Crippen LogP contribution in [0.4, 0.5) is 0 Å². The summed E-state index contributed by atoms with van der Waals surface area (Å²) in [5.41, 5.74) is 2.21. The number of rotatable bonds is 7. The summed E-state index contributed by atoms with van der Waals surface area (Å²) in [4.78, 5) is 44.2. The molecule has 0 atom stereocenters. The SMILES string of the molecule is C=C=CC(=O)COC(=O)C(=O)N/C=C/CSC(=O)/C=C/O. The van der Waals surface area contributed by atoms with Crippen LogP contribution in [0.15, 0.2) is 43.0 Å². The molecule has 0 rings (SSSR count). The van der Waals surface area contributed by atoms with Gasteiger partial charge in [-0.05, 0) is 0 Å². The average molecular weight is 311 g/mol. The van der Waals surface area contributed by atoms with Gasteiger partial charge in [0.1, 0.15) is 0 Å². The van der Waals surface area contributed by atoms with E-state index in [0.717, 1.165) is 30.1 Å². The quantitative estimate of drug-likeness (QED) is 0.230. The second-order valence-electron chi connectivity index (χ2n) is 3.21. The molecule has 8 heteroatoms. The first kappa shape index (κ1) is 18.4. The minimum atomic E-state index is -1.21. The molecule has 0 radical (unpaired) electrons. The lowest BCUT2D eigenvalue weighted by molar-refractivity contribution is -0.155. The third kappa shape index (κ3) is 9.94. The van der Waals surface area contributed by atoms with Crippen molar-refractivity contribution in [2.45, 2.75) is 0 Å². The van der Waals surface area contributed by atoms with Crippen LogP contribution >= 0.6 is 11.8 Å². The Morgan fingerprint density at radius 1 is 1.33 bits per heavy atom. The monoisotopic (exact) mass is 311 g/mol. The maximum absolute atomic E-state index is 11.2. The maximum Gasteiger partial charge on any atom is 0.397 e. The number of amides is 1. The fraction of sp³-hybridized carbons (Fsp3) is 0.154. The summed E-state index contributed by atoms with van der Waals surface area (Å²) >= 11 is 0.879. The molecule has 2 N–H and O–H groups in total. The molecule has 1 amide bonds. The first-order valence-electron chi connectivity index (χ1n) is 5.50. The van der Waals surface area contributed by atoms with Crippen LogP contribution in [0.2, 0.25) is 0 Å². The first-order chi connectivity index (χ1) is 10.0. The van der Waals surface area contributed by atoms with Crippen molar-refractivity contribution in [1.82, 2.24) is 5.32 Å². The summed E-state index contributed by atoms with van der Waals surface area (Å²) in [6, 6.07) is 0. The molecule has 0 aromatic rings. The molecule has 0 aromatic carbocycles. The highest BCUT2D eigenvalue weighted by Crippen LogP contribution is 2.02. The van der Waals surface area contributed by atoms with Crippen LogP contribution in [0.1, 0.15) is 0 Å². The van der Waals surface area contributed by atoms with Gasteiger partial charge in [0.15, 0.2) is 6.61 Å². The van der Waals surface area contributed by atoms with E-state index in [1.807, 2.05) is 0 Å². The molecule has 0 saturated carbocycles. The van der Waals surface area contributed by atoms with Crippen molar-refractivity contribution in [2.75, 3.05) is 12.4 Å². The van der Waals surface area contributed by atoms with Crippen LogP contribution in [0.3, 0.4) is 0 Å². The Hall–Kier alpha value is -2.57. The Morgan fingerprint density at radius 3 is 2.67 bits per heavy atom. The summed E-state index contributed by atoms with van der Waals surface area (Å²) in [7, 11) is 0. The van der Waals surface area contributed by atoms with E-state index in [0.29, 0.717) is 6.26 Å². The van der Waals surface area contributed by atoms with Gasteiger partial charge in [-0.2, -0.15) is 0 Å². The molecule has 0 aliphatic carbocycles. The fourth-order valence-electron chi connectivity index (χ4n) is 0.839. The van der Waals surface area contributed by atoms with Crippen molar-refractivity contribution < 1.29 is 29.0 Å². The molecule has 21 heavy (non-hydrogen) atoms. The minimum Gasteiger partial charge on any atom is -0.515 e. The van der Waals surface area contributed by atoms with Crippen molar-refractivity contribution in [2.24, 2.45) is 0 Å². The second-order valence-corrected chi connectivity index (χ2v) is 4.24. The number of carbonyl (C=O) groups excluding carboxylic acids is 4. The normalized spacial score (nSPS) is 10.1. The van der Waals surface area contributed by atoms with Gasteiger partial charge < -0.3 is 15.2 Å². The summed E-state index contributed by atoms with van der Waals surface area (Å²) in [6.45, 7) is 2.60. The number of esters is 1. The maximum atomic E-state index is 11.2. The van der Waals surface area contributed by atoms with Crippen LogP contribution in [0, 0.1) is 0 Å². The Labute approximate surface area is 125 Å². The molecule has 112 valence electrons. The highest BCUT2D eigenvalue weighted by molar-refractivity contribution is 8.14. The van der Waals surface area contributed by atoms with Gasteiger partial charge in [0, 0.05) is 24.1 Å². The Bertz CT molecular complexity index is 517. The van der Waals surface area contributed by atoms with E-state index >= 15 is 0 Å². The number of hydrogen-bond acceptors (Lipinski definition) is 7. The smallest absolute Gasteiger partial charge is 0.397 e. The third-order valence-electron chi connectivity index (χ3n) is 1.66. The van der Waals surface area contributed by atoms with Crippen molar-refractivity contribution in [1.29, 1.82) is 0 Å². The molecule has 0 unspecified atom stereocenters. The van der Waals surface area contributed by atoms with E-state index in [4.69, 9.17) is 5.11 Å². The molecule has 0 fully saturated rings. The number of aliphatic hydroxyl groups is 1. The van der Waals surface area contributed by atoms with E-state index in [1.165, 1.54) is 6.08 Å². The van der Waals surface area contributed by atoms with Crippen molar-refractivity contribution >= 4 is 34.5 Å². The molecule has 0 aliphatic rings. The zero-order valence-corrected chi connectivity index (χ0v) is 11.7. The van der Waals surface area contributed by atoms with Gasteiger partial charge in [0.2, 0.25) is 10.9 Å². The highest BCUT2D eigenvalue weighted by atomic mass is 32.2. The number of thioether (sulfide) groups is 1. The Morgan fingerprint density at radius 2 is 2.05 bits per heavy atom. The fourth-order valence-corrected chi connectivity index (χ4v) is 1.35. The summed E-state index contributed by atoms with van der Waals surface area (Å²) < 4.78 is 4.42. The summed E-state index contributed by atoms with van der Waals surface area (Å²) in [5.74, 6) is -2.57. The van der Waals surface area contributed by atoms with E-state index in [2.05, 4.69) is 22.4 Å². The summed E-state index contributed by atoms with van der Waals surface area (Å²) in [6.07, 6.45) is 5.17. The van der Waals surface area contributed by atoms with Crippen LogP contribution in [0.25, 0.3) is 0 Å². The van der Waals surface area contributed by atoms with Gasteiger partial charge in [-0.15, -0.1) is 5.73 Å². The molecule has 7 nitrogen and oxygen atoms in total. The molecular weight excluding hydrogens is 298 g/mol. The predicted molar refractivity (Wildman–Crippen MR) is 76.2 cm³/mol. The highest BCUT2D eigenvalue weighted by Gasteiger charge is 2.14. The molecule has 0 aliphatic heterocycles. The number of hydrogen-bond donors (Lipinski definition) is 2. The topological polar surface area (TPSA) is 110 Å². The van der Waals surface area contributed by atoms with Gasteiger partial charge in [0.25, 0.3) is 0 Å². The standard InChI is InChI=1S/C13H13NO6S/c1-2-4-10(16)9-20-13(19)12(18)14-6-3-8-21-11(17)5-7-15/h3-7,15H,1,8-9H2,(H,14,18)/b6-3+,7-5+. The first-order valence-corrected chi connectivity index (χ1v) is 6.48. The average Bonchev–Trinajstić information content (AvgIpc) is 2.44. The molecule has 0 saturated heterocycles. The molecule has 0 spiro atoms. The minimum absolute atomic E-state index is 0.237. The van der Waals surface area contributed by atoms with E-state index in [1.54, 1.807) is 0 Å². The number of ether oxygens (including phenoxy) is 1. The number of ketones is 1. The number of carbonyl (C=O) groups is 4. The van der Waals surface area contributed by atoms with Crippen molar-refractivity contribution in [3.05, 3.63) is 43.0 Å². The van der Waals surface area contributed by atoms with E-state index in [9.17, 15) is 19.2 Å². The second kappa shape index (κ2) is 11.3. The number of nitrogens with one attached hydrogen (secondary N) is 1. The molecular formula is C13H13NO6S. The zero-order chi connectivity index (χ0) is 16.1. The zero-order valence-electron chi connectivity index (χ0n) is 10.9. The lowest BCUT2D eigenvalue weighted by Gasteiger charge is -2.00. The van der Waals surface area contributed by atoms with Crippen molar-refractivity contribution in [3.63, 3.8) is 0 Å². The Balaban J connectivity index is 3.97. The van der Waals surface area contributed by atoms with Crippen LogP contribution in [0.5, 0.6) is 0 Å². The molecule has 0 heterocycles. The van der Waals surface area contributed by atoms with E-state index in [-0.39, 0.29) is 10.9 Å². The molecule has 0 aromatic heterocycles. The van der Waals surface area contributed by atoms with Gasteiger partial charge in [0.05, 0.1) is 6.26 Å². The largest absolute Gasteiger partial charge is 0.515 e. The van der Waals surface area contributed by atoms with Crippen molar-refractivity contribution in [3.8, 4) is 0 Å². The van der Waals surface area contributed by atoms with E-state index < -0.39 is 24.3 Å². The predicted octanol–water partition coefficient (Wildman–Crippen LogP) is 0.401. The van der Waals surface area contributed by atoms with Crippen LogP contribution in [-0.4, -0.2) is 40.2 Å². The molecule has 0 bridgehead atoms. The van der Waals surface area contributed by atoms with Crippen LogP contribution < -0.4 is 5.32 Å². The third-order valence-corrected chi connectivity index (χ3v) is 2.44.